The van der Waals surface area contributed by atoms with Gasteiger partial charge in [0.15, 0.2) is 0 Å². The first-order chi connectivity index (χ1) is 13.9. The highest BCUT2D eigenvalue weighted by molar-refractivity contribution is 5.93. The smallest absolute Gasteiger partial charge is 0.245 e. The highest BCUT2D eigenvalue weighted by atomic mass is 16.2. The van der Waals surface area contributed by atoms with E-state index in [1.54, 1.807) is 25.8 Å². The van der Waals surface area contributed by atoms with Crippen LogP contribution in [0.25, 0.3) is 0 Å². The predicted molar refractivity (Wildman–Crippen MR) is 111 cm³/mol. The predicted octanol–water partition coefficient (Wildman–Crippen LogP) is 1.28. The zero-order chi connectivity index (χ0) is 21.0. The molecule has 4 atom stereocenters. The number of likely N-dealkylation sites (N-methyl/N-ethyl adjacent to an activating group) is 1. The van der Waals surface area contributed by atoms with Crippen LogP contribution in [0.15, 0.2) is 24.3 Å². The van der Waals surface area contributed by atoms with Gasteiger partial charge in [-0.25, -0.2) is 0 Å². The summed E-state index contributed by atoms with van der Waals surface area (Å²) in [4.78, 5) is 39.6. The number of nitrogens with one attached hydrogen (secondary N) is 3. The second-order valence-electron chi connectivity index (χ2n) is 8.08. The number of aryl methyl sites for hydroxylation is 1. The molecule has 3 rings (SSSR count). The number of carbonyl (C=O) groups excluding carboxylic acids is 3. The second kappa shape index (κ2) is 9.39. The van der Waals surface area contributed by atoms with E-state index in [9.17, 15) is 14.4 Å². The van der Waals surface area contributed by atoms with Crippen LogP contribution in [-0.4, -0.2) is 54.3 Å². The maximum atomic E-state index is 13.0. The van der Waals surface area contributed by atoms with E-state index in [0.717, 1.165) is 25.7 Å². The summed E-state index contributed by atoms with van der Waals surface area (Å²) < 4.78 is 0. The Labute approximate surface area is 172 Å². The molecule has 3 amide bonds. The van der Waals surface area contributed by atoms with Crippen molar-refractivity contribution in [2.24, 2.45) is 0 Å². The van der Waals surface area contributed by atoms with Crippen LogP contribution in [0.2, 0.25) is 0 Å². The number of rotatable bonds is 6. The van der Waals surface area contributed by atoms with Crippen molar-refractivity contribution in [3.05, 3.63) is 35.4 Å². The summed E-state index contributed by atoms with van der Waals surface area (Å²) in [6.45, 7) is 3.95. The maximum absolute atomic E-state index is 13.0. The van der Waals surface area contributed by atoms with Crippen LogP contribution < -0.4 is 16.0 Å². The third-order valence-corrected chi connectivity index (χ3v) is 6.08. The molecular weight excluding hydrogens is 368 g/mol. The number of benzene rings is 1. The third kappa shape index (κ3) is 4.78. The number of fused-ring (bicyclic) bond motifs is 1. The molecule has 1 aliphatic carbocycles. The fraction of sp³-hybridized carbons (Fsp3) is 0.591. The van der Waals surface area contributed by atoms with Crippen LogP contribution in [0.3, 0.4) is 0 Å². The summed E-state index contributed by atoms with van der Waals surface area (Å²) in [6.07, 6.45) is 4.44. The Bertz CT molecular complexity index is 766. The zero-order valence-corrected chi connectivity index (χ0v) is 17.5. The van der Waals surface area contributed by atoms with Crippen molar-refractivity contribution in [1.29, 1.82) is 0 Å². The number of carbonyl (C=O) groups is 3. The number of hydrogen-bond acceptors (Lipinski definition) is 4. The van der Waals surface area contributed by atoms with Crippen LogP contribution in [0.4, 0.5) is 0 Å². The van der Waals surface area contributed by atoms with E-state index in [0.29, 0.717) is 13.0 Å². The molecule has 1 aliphatic heterocycles. The molecule has 1 saturated heterocycles. The Hall–Kier alpha value is -2.41. The van der Waals surface area contributed by atoms with E-state index in [2.05, 4.69) is 28.1 Å². The average molecular weight is 401 g/mol. The number of nitrogens with zero attached hydrogens (tertiary/aromatic N) is 1. The van der Waals surface area contributed by atoms with E-state index in [1.165, 1.54) is 11.1 Å². The summed E-state index contributed by atoms with van der Waals surface area (Å²) in [5.41, 5.74) is 2.48. The van der Waals surface area contributed by atoms with Gasteiger partial charge in [0, 0.05) is 6.54 Å². The molecule has 158 valence electrons. The minimum atomic E-state index is -0.665. The van der Waals surface area contributed by atoms with Gasteiger partial charge in [0.1, 0.15) is 12.1 Å². The molecule has 1 aromatic carbocycles. The first-order valence-corrected chi connectivity index (χ1v) is 10.6. The van der Waals surface area contributed by atoms with Gasteiger partial charge in [-0.1, -0.05) is 24.3 Å². The first kappa shape index (κ1) is 21.3. The van der Waals surface area contributed by atoms with Crippen LogP contribution in [0.1, 0.15) is 56.7 Å². The first-order valence-electron chi connectivity index (χ1n) is 10.6. The van der Waals surface area contributed by atoms with E-state index in [1.807, 2.05) is 12.1 Å². The molecule has 0 radical (unpaired) electrons. The van der Waals surface area contributed by atoms with E-state index >= 15 is 0 Å². The van der Waals surface area contributed by atoms with Crippen molar-refractivity contribution in [3.63, 3.8) is 0 Å². The molecule has 0 aromatic heterocycles. The molecule has 3 N–H and O–H groups in total. The normalized spacial score (nSPS) is 23.1. The van der Waals surface area contributed by atoms with E-state index in [-0.39, 0.29) is 29.8 Å². The Morgan fingerprint density at radius 1 is 1.07 bits per heavy atom. The molecule has 0 saturated carbocycles. The lowest BCUT2D eigenvalue weighted by Gasteiger charge is -2.31. The Morgan fingerprint density at radius 2 is 1.83 bits per heavy atom. The standard InChI is InChI=1S/C22H32N4O3/c1-14(23-3)20(27)24-15(2)22(29)26-13-7-12-19(26)21(28)25-18-11-6-9-16-8-4-5-10-17(16)18/h4-5,8,10,14-15,18-19,23H,6-7,9,11-13H2,1-3H3,(H,24,27)(H,25,28)/t14-,15-,18?,19?/m0/s1. The van der Waals surface area contributed by atoms with Gasteiger partial charge in [-0.15, -0.1) is 0 Å². The van der Waals surface area contributed by atoms with Crippen molar-refractivity contribution >= 4 is 17.7 Å². The Balaban J connectivity index is 1.64. The lowest BCUT2D eigenvalue weighted by Crippen LogP contribution is -2.54. The fourth-order valence-electron chi connectivity index (χ4n) is 4.25. The molecule has 29 heavy (non-hydrogen) atoms. The minimum absolute atomic E-state index is 0.00129. The Kier molecular flexibility index (Phi) is 6.90. The SMILES string of the molecule is CN[C@@H](C)C(=O)N[C@@H](C)C(=O)N1CCCC1C(=O)NC1CCCc2ccccc21. The van der Waals surface area contributed by atoms with Crippen molar-refractivity contribution in [2.75, 3.05) is 13.6 Å². The number of amides is 3. The average Bonchev–Trinajstić information content (AvgIpc) is 3.22. The quantitative estimate of drug-likeness (QED) is 0.671. The molecule has 7 heteroatoms. The highest BCUT2D eigenvalue weighted by Crippen LogP contribution is 2.30. The van der Waals surface area contributed by atoms with Crippen LogP contribution in [0.5, 0.6) is 0 Å². The molecule has 1 fully saturated rings. The van der Waals surface area contributed by atoms with Crippen molar-refractivity contribution in [2.45, 2.75) is 70.1 Å². The van der Waals surface area contributed by atoms with Gasteiger partial charge in [0.2, 0.25) is 17.7 Å². The molecular formula is C22H32N4O3. The topological polar surface area (TPSA) is 90.5 Å². The molecule has 1 aromatic rings. The van der Waals surface area contributed by atoms with Crippen molar-refractivity contribution < 1.29 is 14.4 Å². The fourth-order valence-corrected chi connectivity index (χ4v) is 4.25. The Morgan fingerprint density at radius 3 is 2.59 bits per heavy atom. The molecule has 2 unspecified atom stereocenters. The lowest BCUT2D eigenvalue weighted by molar-refractivity contribution is -0.141. The van der Waals surface area contributed by atoms with Gasteiger partial charge in [0.25, 0.3) is 0 Å². The van der Waals surface area contributed by atoms with Crippen LogP contribution in [0, 0.1) is 0 Å². The van der Waals surface area contributed by atoms with Gasteiger partial charge in [-0.3, -0.25) is 14.4 Å². The highest BCUT2D eigenvalue weighted by Gasteiger charge is 2.37. The van der Waals surface area contributed by atoms with Crippen molar-refractivity contribution in [3.8, 4) is 0 Å². The monoisotopic (exact) mass is 400 g/mol. The van der Waals surface area contributed by atoms with Gasteiger partial charge in [-0.2, -0.15) is 0 Å². The molecule has 0 spiro atoms. The van der Waals surface area contributed by atoms with Crippen LogP contribution >= 0.6 is 0 Å². The van der Waals surface area contributed by atoms with Crippen molar-refractivity contribution in [1.82, 2.24) is 20.9 Å². The maximum Gasteiger partial charge on any atom is 0.245 e. The third-order valence-electron chi connectivity index (χ3n) is 6.08. The summed E-state index contributed by atoms with van der Waals surface area (Å²) in [5, 5.41) is 8.77. The van der Waals surface area contributed by atoms with Crippen LogP contribution in [-0.2, 0) is 20.8 Å². The van der Waals surface area contributed by atoms with Gasteiger partial charge < -0.3 is 20.9 Å². The van der Waals surface area contributed by atoms with E-state index in [4.69, 9.17) is 0 Å². The second-order valence-corrected chi connectivity index (χ2v) is 8.08. The summed E-state index contributed by atoms with van der Waals surface area (Å²) in [7, 11) is 1.70. The molecule has 7 nitrogen and oxygen atoms in total. The number of hydrogen-bond donors (Lipinski definition) is 3. The summed E-state index contributed by atoms with van der Waals surface area (Å²) >= 11 is 0. The lowest BCUT2D eigenvalue weighted by atomic mass is 9.87. The number of likely N-dealkylation sites (tertiary alicyclic amines) is 1. The van der Waals surface area contributed by atoms with Gasteiger partial charge >= 0.3 is 0 Å². The molecule has 0 bridgehead atoms. The van der Waals surface area contributed by atoms with Gasteiger partial charge in [0.05, 0.1) is 12.1 Å². The summed E-state index contributed by atoms with van der Waals surface area (Å²) in [5.74, 6) is -0.532. The molecule has 2 aliphatic rings. The molecule has 1 heterocycles. The van der Waals surface area contributed by atoms with E-state index < -0.39 is 12.1 Å². The zero-order valence-electron chi connectivity index (χ0n) is 17.5. The summed E-state index contributed by atoms with van der Waals surface area (Å²) in [6, 6.07) is 6.72. The largest absolute Gasteiger partial charge is 0.347 e. The van der Waals surface area contributed by atoms with Gasteiger partial charge in [-0.05, 0) is 64.1 Å². The minimum Gasteiger partial charge on any atom is -0.347 e.